The number of carbonyl (C=O) groups is 2. The van der Waals surface area contributed by atoms with Crippen LogP contribution in [0.4, 0.5) is 0 Å². The summed E-state index contributed by atoms with van der Waals surface area (Å²) in [4.78, 5) is 23.3. The number of rotatable bonds is 4. The molecule has 0 bridgehead atoms. The van der Waals surface area contributed by atoms with E-state index in [1.54, 1.807) is 6.92 Å². The molecule has 0 amide bonds. The second-order valence-corrected chi connectivity index (χ2v) is 4.59. The molecule has 92 valence electrons. The van der Waals surface area contributed by atoms with Crippen LogP contribution in [0.5, 0.6) is 0 Å². The Morgan fingerprint density at radius 3 is 2.19 bits per heavy atom. The third-order valence-corrected chi connectivity index (χ3v) is 3.35. The van der Waals surface area contributed by atoms with E-state index in [1.807, 2.05) is 0 Å². The number of hydrogen-bond donors (Lipinski definition) is 0. The zero-order chi connectivity index (χ0) is 12.0. The summed E-state index contributed by atoms with van der Waals surface area (Å²) < 4.78 is 5.00. The fraction of sp³-hybridized carbons (Fsp3) is 0.846. The quantitative estimate of drug-likeness (QED) is 0.420. The summed E-state index contributed by atoms with van der Waals surface area (Å²) in [5.41, 5.74) is 0. The van der Waals surface area contributed by atoms with E-state index in [9.17, 15) is 9.59 Å². The van der Waals surface area contributed by atoms with Crippen molar-refractivity contribution in [3.8, 4) is 0 Å². The molecule has 1 atom stereocenters. The lowest BCUT2D eigenvalue weighted by Crippen LogP contribution is -2.31. The molecular weight excluding hydrogens is 204 g/mol. The molecule has 0 heterocycles. The maximum atomic E-state index is 11.8. The standard InChI is InChI=1S/C13H22O3/c1-3-16-13(15)12(10(2)14)11-8-6-4-5-7-9-11/h11-12H,3-9H2,1-2H3. The van der Waals surface area contributed by atoms with Crippen LogP contribution in [0.25, 0.3) is 0 Å². The van der Waals surface area contributed by atoms with Crippen molar-refractivity contribution in [3.05, 3.63) is 0 Å². The molecule has 0 radical (unpaired) electrons. The Hall–Kier alpha value is -0.860. The van der Waals surface area contributed by atoms with Gasteiger partial charge in [0.1, 0.15) is 11.7 Å². The summed E-state index contributed by atoms with van der Waals surface area (Å²) in [6.45, 7) is 3.64. The van der Waals surface area contributed by atoms with Crippen LogP contribution in [0.2, 0.25) is 0 Å². The van der Waals surface area contributed by atoms with Crippen molar-refractivity contribution in [1.29, 1.82) is 0 Å². The highest BCUT2D eigenvalue weighted by Gasteiger charge is 2.33. The minimum Gasteiger partial charge on any atom is -0.465 e. The molecule has 16 heavy (non-hydrogen) atoms. The van der Waals surface area contributed by atoms with Crippen LogP contribution in [0.15, 0.2) is 0 Å². The maximum Gasteiger partial charge on any atom is 0.316 e. The van der Waals surface area contributed by atoms with Gasteiger partial charge < -0.3 is 4.74 Å². The van der Waals surface area contributed by atoms with Gasteiger partial charge >= 0.3 is 5.97 Å². The molecular formula is C13H22O3. The lowest BCUT2D eigenvalue weighted by Gasteiger charge is -2.21. The summed E-state index contributed by atoms with van der Waals surface area (Å²) in [7, 11) is 0. The molecule has 0 saturated heterocycles. The Morgan fingerprint density at radius 1 is 1.19 bits per heavy atom. The van der Waals surface area contributed by atoms with Crippen LogP contribution >= 0.6 is 0 Å². The van der Waals surface area contributed by atoms with Crippen LogP contribution in [-0.4, -0.2) is 18.4 Å². The molecule has 0 spiro atoms. The molecule has 0 N–H and O–H groups in total. The number of ketones is 1. The normalized spacial score (nSPS) is 19.9. The monoisotopic (exact) mass is 226 g/mol. The van der Waals surface area contributed by atoms with Crippen LogP contribution in [0.3, 0.4) is 0 Å². The van der Waals surface area contributed by atoms with E-state index in [4.69, 9.17) is 4.74 Å². The molecule has 1 fully saturated rings. The van der Waals surface area contributed by atoms with E-state index in [0.29, 0.717) is 6.61 Å². The van der Waals surface area contributed by atoms with Gasteiger partial charge in [-0.1, -0.05) is 25.7 Å². The van der Waals surface area contributed by atoms with Gasteiger partial charge in [0, 0.05) is 0 Å². The molecule has 0 aromatic rings. The lowest BCUT2D eigenvalue weighted by atomic mass is 9.84. The zero-order valence-electron chi connectivity index (χ0n) is 10.3. The summed E-state index contributed by atoms with van der Waals surface area (Å²) in [5, 5.41) is 0. The van der Waals surface area contributed by atoms with Crippen molar-refractivity contribution in [2.45, 2.75) is 52.4 Å². The Kier molecular flexibility index (Phi) is 5.50. The number of ether oxygens (including phenoxy) is 1. The predicted molar refractivity (Wildman–Crippen MR) is 62.0 cm³/mol. The van der Waals surface area contributed by atoms with Crippen molar-refractivity contribution in [1.82, 2.24) is 0 Å². The van der Waals surface area contributed by atoms with Crippen molar-refractivity contribution in [3.63, 3.8) is 0 Å². The van der Waals surface area contributed by atoms with Crippen molar-refractivity contribution >= 4 is 11.8 Å². The van der Waals surface area contributed by atoms with E-state index in [1.165, 1.54) is 19.8 Å². The van der Waals surface area contributed by atoms with Gasteiger partial charge in [0.15, 0.2) is 0 Å². The van der Waals surface area contributed by atoms with Crippen molar-refractivity contribution in [2.24, 2.45) is 11.8 Å². The van der Waals surface area contributed by atoms with Gasteiger partial charge in [0.05, 0.1) is 6.61 Å². The van der Waals surface area contributed by atoms with Crippen LogP contribution in [0, 0.1) is 11.8 Å². The Morgan fingerprint density at radius 2 is 1.75 bits per heavy atom. The van der Waals surface area contributed by atoms with Gasteiger partial charge in [0.25, 0.3) is 0 Å². The van der Waals surface area contributed by atoms with Gasteiger partial charge in [-0.05, 0) is 32.6 Å². The molecule has 1 saturated carbocycles. The number of Topliss-reactive ketones (excluding diaryl/α,β-unsaturated/α-hetero) is 1. The third-order valence-electron chi connectivity index (χ3n) is 3.35. The first kappa shape index (κ1) is 13.2. The second-order valence-electron chi connectivity index (χ2n) is 4.59. The highest BCUT2D eigenvalue weighted by atomic mass is 16.5. The summed E-state index contributed by atoms with van der Waals surface area (Å²) in [6.07, 6.45) is 6.70. The highest BCUT2D eigenvalue weighted by molar-refractivity contribution is 5.98. The molecule has 3 nitrogen and oxygen atoms in total. The van der Waals surface area contributed by atoms with E-state index in [-0.39, 0.29) is 17.7 Å². The van der Waals surface area contributed by atoms with Crippen molar-refractivity contribution in [2.75, 3.05) is 6.61 Å². The van der Waals surface area contributed by atoms with Gasteiger partial charge in [-0.15, -0.1) is 0 Å². The second kappa shape index (κ2) is 6.66. The maximum absolute atomic E-state index is 11.8. The molecule has 3 heteroatoms. The Labute approximate surface area is 97.5 Å². The van der Waals surface area contributed by atoms with Gasteiger partial charge in [-0.2, -0.15) is 0 Å². The Balaban J connectivity index is 2.67. The van der Waals surface area contributed by atoms with Gasteiger partial charge in [-0.3, -0.25) is 9.59 Å². The fourth-order valence-electron chi connectivity index (χ4n) is 2.57. The average molecular weight is 226 g/mol. The van der Waals surface area contributed by atoms with E-state index < -0.39 is 5.92 Å². The van der Waals surface area contributed by atoms with Gasteiger partial charge in [0.2, 0.25) is 0 Å². The predicted octanol–water partition coefficient (Wildman–Crippen LogP) is 2.73. The van der Waals surface area contributed by atoms with Crippen molar-refractivity contribution < 1.29 is 14.3 Å². The first-order valence-corrected chi connectivity index (χ1v) is 6.34. The first-order valence-electron chi connectivity index (χ1n) is 6.34. The SMILES string of the molecule is CCOC(=O)C(C(C)=O)C1CCCCCC1. The molecule has 0 aromatic carbocycles. The van der Waals surface area contributed by atoms with E-state index in [2.05, 4.69) is 0 Å². The fourth-order valence-corrected chi connectivity index (χ4v) is 2.57. The molecule has 1 unspecified atom stereocenters. The summed E-state index contributed by atoms with van der Waals surface area (Å²) >= 11 is 0. The molecule has 1 aliphatic carbocycles. The lowest BCUT2D eigenvalue weighted by molar-refractivity contribution is -0.153. The number of hydrogen-bond acceptors (Lipinski definition) is 3. The van der Waals surface area contributed by atoms with E-state index in [0.717, 1.165) is 25.7 Å². The minimum absolute atomic E-state index is 0.0367. The third kappa shape index (κ3) is 3.62. The van der Waals surface area contributed by atoms with E-state index >= 15 is 0 Å². The zero-order valence-corrected chi connectivity index (χ0v) is 10.3. The highest BCUT2D eigenvalue weighted by Crippen LogP contribution is 2.30. The smallest absolute Gasteiger partial charge is 0.316 e. The molecule has 0 aliphatic heterocycles. The molecule has 1 rings (SSSR count). The van der Waals surface area contributed by atoms with Gasteiger partial charge in [-0.25, -0.2) is 0 Å². The summed E-state index contributed by atoms with van der Waals surface area (Å²) in [5.74, 6) is -0.663. The largest absolute Gasteiger partial charge is 0.465 e. The Bertz CT molecular complexity index is 240. The minimum atomic E-state index is -0.516. The molecule has 1 aliphatic rings. The average Bonchev–Trinajstić information content (AvgIpc) is 2.46. The number of carbonyl (C=O) groups excluding carboxylic acids is 2. The molecule has 0 aromatic heterocycles. The number of esters is 1. The van der Waals surface area contributed by atoms with Crippen LogP contribution < -0.4 is 0 Å². The van der Waals surface area contributed by atoms with Crippen LogP contribution in [0.1, 0.15) is 52.4 Å². The summed E-state index contributed by atoms with van der Waals surface area (Å²) in [6, 6.07) is 0. The first-order chi connectivity index (χ1) is 7.66. The van der Waals surface area contributed by atoms with Crippen LogP contribution in [-0.2, 0) is 14.3 Å². The topological polar surface area (TPSA) is 43.4 Å².